The Morgan fingerprint density at radius 3 is 2.29 bits per heavy atom. The van der Waals surface area contributed by atoms with Crippen molar-refractivity contribution >= 4 is 27.6 Å². The second-order valence-electron chi connectivity index (χ2n) is 9.15. The fraction of sp³-hybridized carbons (Fsp3) is 0.435. The number of carbonyl (C=O) groups excluding carboxylic acids is 1. The van der Waals surface area contributed by atoms with Gasteiger partial charge >= 0.3 is 10.1 Å². The molecule has 170 valence electrons. The number of amides is 1. The number of hydrogen-bond acceptors (Lipinski definition) is 4. The van der Waals surface area contributed by atoms with Crippen LogP contribution in [0.5, 0.6) is 5.75 Å². The van der Waals surface area contributed by atoms with E-state index in [1.165, 1.54) is 12.1 Å². The summed E-state index contributed by atoms with van der Waals surface area (Å²) in [6.45, 7) is 10.6. The van der Waals surface area contributed by atoms with E-state index in [4.69, 9.17) is 15.8 Å². The van der Waals surface area contributed by atoms with E-state index in [2.05, 4.69) is 0 Å². The molecule has 2 aromatic rings. The van der Waals surface area contributed by atoms with Crippen LogP contribution in [0.4, 0.5) is 4.39 Å². The van der Waals surface area contributed by atoms with Gasteiger partial charge in [-0.3, -0.25) is 4.79 Å². The molecular formula is C23H29ClFNO4S. The molecule has 0 spiro atoms. The van der Waals surface area contributed by atoms with Crippen molar-refractivity contribution in [2.24, 2.45) is 11.3 Å². The third kappa shape index (κ3) is 7.82. The zero-order valence-electron chi connectivity index (χ0n) is 18.5. The monoisotopic (exact) mass is 469 g/mol. The summed E-state index contributed by atoms with van der Waals surface area (Å²) in [5.74, 6) is -0.289. The molecule has 0 aliphatic rings. The van der Waals surface area contributed by atoms with Gasteiger partial charge in [0, 0.05) is 30.1 Å². The van der Waals surface area contributed by atoms with Gasteiger partial charge in [0.15, 0.2) is 0 Å². The molecule has 0 saturated carbocycles. The van der Waals surface area contributed by atoms with Gasteiger partial charge in [-0.25, -0.2) is 4.39 Å². The highest BCUT2D eigenvalue weighted by Gasteiger charge is 2.25. The maximum atomic E-state index is 13.2. The second-order valence-corrected chi connectivity index (χ2v) is 11.1. The van der Waals surface area contributed by atoms with Gasteiger partial charge in [0.05, 0.1) is 0 Å². The van der Waals surface area contributed by atoms with Crippen LogP contribution in [0.15, 0.2) is 47.4 Å². The number of halogens is 2. The molecule has 0 fully saturated rings. The van der Waals surface area contributed by atoms with Gasteiger partial charge in [0.2, 0.25) is 5.91 Å². The fourth-order valence-corrected chi connectivity index (χ4v) is 4.15. The highest BCUT2D eigenvalue weighted by Crippen LogP contribution is 2.29. The van der Waals surface area contributed by atoms with E-state index in [0.717, 1.165) is 24.3 Å². The van der Waals surface area contributed by atoms with Crippen molar-refractivity contribution in [2.45, 2.75) is 52.5 Å². The highest BCUT2D eigenvalue weighted by molar-refractivity contribution is 7.87. The molecule has 0 aromatic heterocycles. The van der Waals surface area contributed by atoms with Crippen LogP contribution in [0.1, 0.15) is 46.6 Å². The summed E-state index contributed by atoms with van der Waals surface area (Å²) in [5, 5.41) is 0.397. The maximum absolute atomic E-state index is 13.2. The molecule has 0 atom stereocenters. The normalized spacial score (nSPS) is 12.1. The predicted octanol–water partition coefficient (Wildman–Crippen LogP) is 5.67. The molecule has 2 rings (SSSR count). The molecule has 0 N–H and O–H groups in total. The summed E-state index contributed by atoms with van der Waals surface area (Å²) in [6, 6.07) is 8.94. The summed E-state index contributed by atoms with van der Waals surface area (Å²) < 4.78 is 43.9. The number of nitrogens with zero attached hydrogens (tertiary/aromatic N) is 1. The minimum atomic E-state index is -4.19. The Hall–Kier alpha value is -2.12. The minimum Gasteiger partial charge on any atom is -0.379 e. The molecular weight excluding hydrogens is 441 g/mol. The fourth-order valence-electron chi connectivity index (χ4n) is 2.99. The largest absolute Gasteiger partial charge is 0.379 e. The molecule has 0 bridgehead atoms. The quantitative estimate of drug-likeness (QED) is 0.467. The summed E-state index contributed by atoms with van der Waals surface area (Å²) >= 11 is 6.15. The van der Waals surface area contributed by atoms with Crippen molar-refractivity contribution in [3.8, 4) is 5.75 Å². The van der Waals surface area contributed by atoms with Crippen molar-refractivity contribution < 1.29 is 21.8 Å². The van der Waals surface area contributed by atoms with E-state index < -0.39 is 15.9 Å². The van der Waals surface area contributed by atoms with Gasteiger partial charge in [-0.05, 0) is 53.8 Å². The Morgan fingerprint density at radius 1 is 1.13 bits per heavy atom. The van der Waals surface area contributed by atoms with Crippen LogP contribution in [-0.4, -0.2) is 25.8 Å². The summed E-state index contributed by atoms with van der Waals surface area (Å²) in [7, 11) is -4.19. The van der Waals surface area contributed by atoms with Crippen molar-refractivity contribution in [3.63, 3.8) is 0 Å². The van der Waals surface area contributed by atoms with Gasteiger partial charge in [-0.1, -0.05) is 46.2 Å². The molecule has 1 amide bonds. The van der Waals surface area contributed by atoms with E-state index in [-0.39, 0.29) is 34.4 Å². The van der Waals surface area contributed by atoms with E-state index in [9.17, 15) is 17.6 Å². The van der Waals surface area contributed by atoms with Crippen molar-refractivity contribution in [3.05, 3.63) is 58.9 Å². The Balaban J connectivity index is 2.36. The van der Waals surface area contributed by atoms with E-state index in [1.54, 1.807) is 11.0 Å². The molecule has 0 radical (unpaired) electrons. The first-order valence-corrected chi connectivity index (χ1v) is 11.8. The Labute approximate surface area is 189 Å². The van der Waals surface area contributed by atoms with Crippen LogP contribution >= 0.6 is 11.6 Å². The van der Waals surface area contributed by atoms with Gasteiger partial charge in [0.1, 0.15) is 16.5 Å². The molecule has 8 heteroatoms. The second kappa shape index (κ2) is 10.0. The third-order valence-electron chi connectivity index (χ3n) is 4.31. The Kier molecular flexibility index (Phi) is 8.11. The minimum absolute atomic E-state index is 0.0338. The van der Waals surface area contributed by atoms with E-state index >= 15 is 0 Å². The maximum Gasteiger partial charge on any atom is 0.339 e. The zero-order valence-corrected chi connectivity index (χ0v) is 20.1. The van der Waals surface area contributed by atoms with Gasteiger partial charge in [0.25, 0.3) is 0 Å². The molecule has 5 nitrogen and oxygen atoms in total. The molecule has 0 heterocycles. The van der Waals surface area contributed by atoms with Crippen LogP contribution in [0, 0.1) is 17.2 Å². The first kappa shape index (κ1) is 25.1. The van der Waals surface area contributed by atoms with Crippen molar-refractivity contribution in [1.82, 2.24) is 4.90 Å². The van der Waals surface area contributed by atoms with Gasteiger partial charge in [-0.15, -0.1) is 0 Å². The first-order valence-electron chi connectivity index (χ1n) is 10.0. The number of rotatable bonds is 8. The standard InChI is InChI=1S/C23H29ClFNO4S/c1-16(2)14-26(22(27)13-23(3,4)5)15-17-12-18(24)6-11-21(17)30-31(28,29)20-9-7-19(25)8-10-20/h6-12,16H,13-15H2,1-5H3. The molecule has 0 saturated heterocycles. The molecule has 0 unspecified atom stereocenters. The lowest BCUT2D eigenvalue weighted by atomic mass is 9.91. The first-order chi connectivity index (χ1) is 14.3. The van der Waals surface area contributed by atoms with Gasteiger partial charge < -0.3 is 9.08 Å². The summed E-state index contributed by atoms with van der Waals surface area (Å²) in [6.07, 6.45) is 0.352. The average molecular weight is 470 g/mol. The average Bonchev–Trinajstić information content (AvgIpc) is 2.62. The van der Waals surface area contributed by atoms with E-state index in [0.29, 0.717) is 23.6 Å². The lowest BCUT2D eigenvalue weighted by Crippen LogP contribution is -2.36. The Morgan fingerprint density at radius 2 is 1.74 bits per heavy atom. The highest BCUT2D eigenvalue weighted by atomic mass is 35.5. The predicted molar refractivity (Wildman–Crippen MR) is 120 cm³/mol. The number of hydrogen-bond donors (Lipinski definition) is 0. The van der Waals surface area contributed by atoms with Crippen LogP contribution in [0.3, 0.4) is 0 Å². The van der Waals surface area contributed by atoms with Gasteiger partial charge in [-0.2, -0.15) is 8.42 Å². The van der Waals surface area contributed by atoms with Crippen molar-refractivity contribution in [1.29, 1.82) is 0 Å². The lowest BCUT2D eigenvalue weighted by Gasteiger charge is -2.29. The van der Waals surface area contributed by atoms with Crippen LogP contribution in [-0.2, 0) is 21.5 Å². The summed E-state index contributed by atoms with van der Waals surface area (Å²) in [4.78, 5) is 14.5. The Bertz CT molecular complexity index is 1010. The molecule has 31 heavy (non-hydrogen) atoms. The summed E-state index contributed by atoms with van der Waals surface area (Å²) in [5.41, 5.74) is 0.285. The van der Waals surface area contributed by atoms with Crippen LogP contribution in [0.25, 0.3) is 0 Å². The van der Waals surface area contributed by atoms with E-state index in [1.807, 2.05) is 34.6 Å². The smallest absolute Gasteiger partial charge is 0.339 e. The number of carbonyl (C=O) groups is 1. The lowest BCUT2D eigenvalue weighted by molar-refractivity contribution is -0.134. The molecule has 0 aliphatic carbocycles. The third-order valence-corrected chi connectivity index (χ3v) is 5.79. The molecule has 2 aromatic carbocycles. The van der Waals surface area contributed by atoms with Crippen molar-refractivity contribution in [2.75, 3.05) is 6.54 Å². The zero-order chi connectivity index (χ0) is 23.4. The SMILES string of the molecule is CC(C)CN(Cc1cc(Cl)ccc1OS(=O)(=O)c1ccc(F)cc1)C(=O)CC(C)(C)C. The number of benzene rings is 2. The topological polar surface area (TPSA) is 63.7 Å². The van der Waals surface area contributed by atoms with Crippen LogP contribution < -0.4 is 4.18 Å². The van der Waals surface area contributed by atoms with Crippen LogP contribution in [0.2, 0.25) is 5.02 Å². The molecule has 0 aliphatic heterocycles.